The first-order valence-electron chi connectivity index (χ1n) is 5.98. The van der Waals surface area contributed by atoms with Crippen molar-refractivity contribution in [1.82, 2.24) is 10.2 Å². The Labute approximate surface area is 95.3 Å². The van der Waals surface area contributed by atoms with Crippen molar-refractivity contribution in [2.24, 2.45) is 11.7 Å². The van der Waals surface area contributed by atoms with Gasteiger partial charge < -0.3 is 16.0 Å². The standard InChI is InChI=1S/C11H19N3O2/c12-10(15)7-14(11(16)8-3-4-8)9-2-1-5-13-6-9/h8-9,13H,1-7H2,(H2,12,15). The van der Waals surface area contributed by atoms with Gasteiger partial charge in [-0.3, -0.25) is 9.59 Å². The first kappa shape index (κ1) is 11.4. The molecule has 1 unspecified atom stereocenters. The van der Waals surface area contributed by atoms with E-state index in [2.05, 4.69) is 5.32 Å². The second kappa shape index (κ2) is 4.82. The van der Waals surface area contributed by atoms with Crippen LogP contribution in [0.1, 0.15) is 25.7 Å². The highest BCUT2D eigenvalue weighted by Crippen LogP contribution is 2.32. The maximum Gasteiger partial charge on any atom is 0.237 e. The summed E-state index contributed by atoms with van der Waals surface area (Å²) >= 11 is 0. The normalized spacial score (nSPS) is 25.1. The topological polar surface area (TPSA) is 75.4 Å². The lowest BCUT2D eigenvalue weighted by molar-refractivity contribution is -0.139. The summed E-state index contributed by atoms with van der Waals surface area (Å²) in [6, 6.07) is 0.148. The number of nitrogens with one attached hydrogen (secondary N) is 1. The first-order valence-corrected chi connectivity index (χ1v) is 5.98. The molecule has 1 saturated heterocycles. The van der Waals surface area contributed by atoms with Gasteiger partial charge >= 0.3 is 0 Å². The number of nitrogens with two attached hydrogens (primary N) is 1. The average Bonchev–Trinajstić information content (AvgIpc) is 3.10. The third kappa shape index (κ3) is 2.72. The Morgan fingerprint density at radius 3 is 2.56 bits per heavy atom. The molecule has 2 fully saturated rings. The SMILES string of the molecule is NC(=O)CN(C(=O)C1CC1)C1CCCNC1. The molecule has 2 aliphatic rings. The molecule has 90 valence electrons. The Kier molecular flexibility index (Phi) is 3.43. The highest BCUT2D eigenvalue weighted by atomic mass is 16.2. The molecule has 3 N–H and O–H groups in total. The molecule has 0 bridgehead atoms. The van der Waals surface area contributed by atoms with Gasteiger partial charge in [-0.05, 0) is 32.2 Å². The van der Waals surface area contributed by atoms with Crippen LogP contribution in [0.25, 0.3) is 0 Å². The Morgan fingerprint density at radius 2 is 2.06 bits per heavy atom. The highest BCUT2D eigenvalue weighted by Gasteiger charge is 2.37. The molecule has 1 saturated carbocycles. The number of piperidine rings is 1. The molecule has 0 aromatic carbocycles. The van der Waals surface area contributed by atoms with E-state index < -0.39 is 5.91 Å². The van der Waals surface area contributed by atoms with Crippen molar-refractivity contribution in [2.75, 3.05) is 19.6 Å². The summed E-state index contributed by atoms with van der Waals surface area (Å²) < 4.78 is 0. The summed E-state index contributed by atoms with van der Waals surface area (Å²) in [6.07, 6.45) is 3.96. The minimum absolute atomic E-state index is 0.0711. The number of carbonyl (C=O) groups excluding carboxylic acids is 2. The van der Waals surface area contributed by atoms with Gasteiger partial charge in [0.05, 0.1) is 6.54 Å². The molecule has 5 nitrogen and oxygen atoms in total. The number of rotatable bonds is 4. The molecule has 1 aliphatic carbocycles. The van der Waals surface area contributed by atoms with Gasteiger partial charge in [0.2, 0.25) is 11.8 Å². The van der Waals surface area contributed by atoms with E-state index in [4.69, 9.17) is 5.73 Å². The molecule has 16 heavy (non-hydrogen) atoms. The minimum Gasteiger partial charge on any atom is -0.368 e. The van der Waals surface area contributed by atoms with Crippen LogP contribution in [0, 0.1) is 5.92 Å². The smallest absolute Gasteiger partial charge is 0.237 e. The largest absolute Gasteiger partial charge is 0.368 e. The van der Waals surface area contributed by atoms with Crippen LogP contribution in [0.4, 0.5) is 0 Å². The molecule has 2 rings (SSSR count). The summed E-state index contributed by atoms with van der Waals surface area (Å²) in [5, 5.41) is 3.26. The van der Waals surface area contributed by atoms with Crippen LogP contribution in [0.15, 0.2) is 0 Å². The van der Waals surface area contributed by atoms with Gasteiger partial charge in [-0.2, -0.15) is 0 Å². The van der Waals surface area contributed by atoms with E-state index in [0.29, 0.717) is 0 Å². The zero-order chi connectivity index (χ0) is 11.5. The van der Waals surface area contributed by atoms with E-state index in [1.54, 1.807) is 4.90 Å². The lowest BCUT2D eigenvalue weighted by Gasteiger charge is -2.34. The van der Waals surface area contributed by atoms with Gasteiger partial charge in [-0.25, -0.2) is 0 Å². The summed E-state index contributed by atoms with van der Waals surface area (Å²) in [5.41, 5.74) is 5.21. The quantitative estimate of drug-likeness (QED) is 0.675. The van der Waals surface area contributed by atoms with Gasteiger partial charge in [0, 0.05) is 18.5 Å². The molecule has 0 aromatic heterocycles. The molecule has 0 spiro atoms. The Morgan fingerprint density at radius 1 is 1.31 bits per heavy atom. The monoisotopic (exact) mass is 225 g/mol. The Balaban J connectivity index is 1.99. The Bertz CT molecular complexity index is 283. The summed E-state index contributed by atoms with van der Waals surface area (Å²) in [5.74, 6) is -0.145. The fourth-order valence-electron chi connectivity index (χ4n) is 2.22. The van der Waals surface area contributed by atoms with Crippen LogP contribution in [0.3, 0.4) is 0 Å². The van der Waals surface area contributed by atoms with Crippen molar-refractivity contribution in [3.8, 4) is 0 Å². The zero-order valence-corrected chi connectivity index (χ0v) is 9.45. The second-order valence-electron chi connectivity index (χ2n) is 4.71. The van der Waals surface area contributed by atoms with Gasteiger partial charge in [-0.1, -0.05) is 0 Å². The number of hydrogen-bond donors (Lipinski definition) is 2. The molecule has 0 aromatic rings. The van der Waals surface area contributed by atoms with E-state index in [0.717, 1.165) is 38.8 Å². The van der Waals surface area contributed by atoms with Crippen molar-refractivity contribution in [3.05, 3.63) is 0 Å². The first-order chi connectivity index (χ1) is 7.68. The van der Waals surface area contributed by atoms with Crippen LogP contribution in [0.2, 0.25) is 0 Å². The molecule has 5 heteroatoms. The number of hydrogen-bond acceptors (Lipinski definition) is 3. The summed E-state index contributed by atoms with van der Waals surface area (Å²) in [7, 11) is 0. The average molecular weight is 225 g/mol. The fraction of sp³-hybridized carbons (Fsp3) is 0.818. The number of nitrogens with zero attached hydrogens (tertiary/aromatic N) is 1. The van der Waals surface area contributed by atoms with Gasteiger partial charge in [0.1, 0.15) is 0 Å². The minimum atomic E-state index is -0.417. The predicted octanol–water partition coefficient (Wildman–Crippen LogP) is -0.538. The molecular weight excluding hydrogens is 206 g/mol. The lowest BCUT2D eigenvalue weighted by atomic mass is 10.1. The van der Waals surface area contributed by atoms with Crippen molar-refractivity contribution in [1.29, 1.82) is 0 Å². The molecule has 1 aliphatic heterocycles. The van der Waals surface area contributed by atoms with Crippen molar-refractivity contribution < 1.29 is 9.59 Å². The van der Waals surface area contributed by atoms with E-state index in [1.165, 1.54) is 0 Å². The lowest BCUT2D eigenvalue weighted by Crippen LogP contribution is -2.52. The van der Waals surface area contributed by atoms with Gasteiger partial charge in [0.15, 0.2) is 0 Å². The molecule has 0 radical (unpaired) electrons. The van der Waals surface area contributed by atoms with Crippen LogP contribution in [-0.4, -0.2) is 42.4 Å². The highest BCUT2D eigenvalue weighted by molar-refractivity contribution is 5.86. The third-order valence-corrected chi connectivity index (χ3v) is 3.25. The van der Waals surface area contributed by atoms with E-state index >= 15 is 0 Å². The number of carbonyl (C=O) groups is 2. The van der Waals surface area contributed by atoms with Crippen LogP contribution in [-0.2, 0) is 9.59 Å². The Hall–Kier alpha value is -1.10. The molecular formula is C11H19N3O2. The van der Waals surface area contributed by atoms with Gasteiger partial charge in [0.25, 0.3) is 0 Å². The maximum absolute atomic E-state index is 12.0. The maximum atomic E-state index is 12.0. The predicted molar refractivity (Wildman–Crippen MR) is 59.5 cm³/mol. The van der Waals surface area contributed by atoms with Crippen molar-refractivity contribution in [3.63, 3.8) is 0 Å². The van der Waals surface area contributed by atoms with Gasteiger partial charge in [-0.15, -0.1) is 0 Å². The van der Waals surface area contributed by atoms with Crippen LogP contribution >= 0.6 is 0 Å². The van der Waals surface area contributed by atoms with E-state index in [1.807, 2.05) is 0 Å². The molecule has 1 heterocycles. The number of primary amides is 1. The number of amides is 2. The molecule has 2 amide bonds. The van der Waals surface area contributed by atoms with E-state index in [-0.39, 0.29) is 24.4 Å². The fourth-order valence-corrected chi connectivity index (χ4v) is 2.22. The zero-order valence-electron chi connectivity index (χ0n) is 9.45. The molecule has 1 atom stereocenters. The third-order valence-electron chi connectivity index (χ3n) is 3.25. The summed E-state index contributed by atoms with van der Waals surface area (Å²) in [6.45, 7) is 1.85. The van der Waals surface area contributed by atoms with Crippen LogP contribution in [0.5, 0.6) is 0 Å². The van der Waals surface area contributed by atoms with Crippen molar-refractivity contribution >= 4 is 11.8 Å². The van der Waals surface area contributed by atoms with E-state index in [9.17, 15) is 9.59 Å². The van der Waals surface area contributed by atoms with Crippen molar-refractivity contribution in [2.45, 2.75) is 31.7 Å². The second-order valence-corrected chi connectivity index (χ2v) is 4.71. The summed E-state index contributed by atoms with van der Waals surface area (Å²) in [4.78, 5) is 24.7. The van der Waals surface area contributed by atoms with Crippen LogP contribution < -0.4 is 11.1 Å².